The van der Waals surface area contributed by atoms with Crippen LogP contribution in [0.15, 0.2) is 40.8 Å². The molecule has 3 aromatic rings. The van der Waals surface area contributed by atoms with Gasteiger partial charge in [-0.3, -0.25) is 0 Å². The first kappa shape index (κ1) is 9.36. The molecule has 0 radical (unpaired) electrons. The van der Waals surface area contributed by atoms with Crippen molar-refractivity contribution in [2.45, 2.75) is 6.61 Å². The van der Waals surface area contributed by atoms with E-state index in [4.69, 9.17) is 9.52 Å². The Balaban J connectivity index is 2.51. The van der Waals surface area contributed by atoms with E-state index < -0.39 is 5.82 Å². The molecule has 0 saturated carbocycles. The average Bonchev–Trinajstić information content (AvgIpc) is 2.68. The van der Waals surface area contributed by atoms with E-state index in [1.807, 2.05) is 18.2 Å². The van der Waals surface area contributed by atoms with Gasteiger partial charge in [0.1, 0.15) is 5.58 Å². The molecule has 0 atom stereocenters. The second-order valence-corrected chi connectivity index (χ2v) is 3.71. The highest BCUT2D eigenvalue weighted by Crippen LogP contribution is 2.31. The molecule has 0 aliphatic rings. The quantitative estimate of drug-likeness (QED) is 0.677. The van der Waals surface area contributed by atoms with Crippen LogP contribution in [0.4, 0.5) is 4.39 Å². The van der Waals surface area contributed by atoms with Crippen LogP contribution in [0.5, 0.6) is 0 Å². The third-order valence-electron chi connectivity index (χ3n) is 2.68. The molecule has 2 nitrogen and oxygen atoms in total. The van der Waals surface area contributed by atoms with Crippen molar-refractivity contribution < 1.29 is 13.9 Å². The van der Waals surface area contributed by atoms with E-state index in [0.717, 1.165) is 5.39 Å². The fourth-order valence-corrected chi connectivity index (χ4v) is 1.93. The van der Waals surface area contributed by atoms with Crippen molar-refractivity contribution in [3.63, 3.8) is 0 Å². The third-order valence-corrected chi connectivity index (χ3v) is 2.68. The summed E-state index contributed by atoms with van der Waals surface area (Å²) in [5.41, 5.74) is 1.46. The fourth-order valence-electron chi connectivity index (χ4n) is 1.93. The summed E-state index contributed by atoms with van der Waals surface area (Å²) in [6, 6.07) is 10.4. The predicted octanol–water partition coefficient (Wildman–Crippen LogP) is 3.22. The summed E-state index contributed by atoms with van der Waals surface area (Å²) in [5, 5.41) is 10.6. The molecule has 80 valence electrons. The van der Waals surface area contributed by atoms with Crippen LogP contribution in [0.1, 0.15) is 5.56 Å². The van der Waals surface area contributed by atoms with E-state index in [2.05, 4.69) is 0 Å². The molecule has 0 amide bonds. The number of fused-ring (bicyclic) bond motifs is 3. The maximum atomic E-state index is 13.7. The van der Waals surface area contributed by atoms with Gasteiger partial charge < -0.3 is 9.52 Å². The topological polar surface area (TPSA) is 33.4 Å². The third kappa shape index (κ3) is 1.22. The highest BCUT2D eigenvalue weighted by atomic mass is 19.1. The lowest BCUT2D eigenvalue weighted by Gasteiger charge is -1.97. The van der Waals surface area contributed by atoms with Gasteiger partial charge >= 0.3 is 0 Å². The van der Waals surface area contributed by atoms with Crippen LogP contribution in [0.25, 0.3) is 21.9 Å². The van der Waals surface area contributed by atoms with Gasteiger partial charge in [-0.15, -0.1) is 0 Å². The molecule has 0 fully saturated rings. The van der Waals surface area contributed by atoms with Gasteiger partial charge in [0, 0.05) is 10.8 Å². The van der Waals surface area contributed by atoms with E-state index in [1.54, 1.807) is 12.1 Å². The Morgan fingerprint density at radius 3 is 2.75 bits per heavy atom. The summed E-state index contributed by atoms with van der Waals surface area (Å²) < 4.78 is 19.1. The van der Waals surface area contributed by atoms with Crippen molar-refractivity contribution in [1.82, 2.24) is 0 Å². The molecule has 0 spiro atoms. The van der Waals surface area contributed by atoms with E-state index >= 15 is 0 Å². The highest BCUT2D eigenvalue weighted by molar-refractivity contribution is 6.05. The SMILES string of the molecule is OCc1cc(F)c2oc3ccccc3c2c1. The van der Waals surface area contributed by atoms with Gasteiger partial charge in [0.2, 0.25) is 0 Å². The minimum absolute atomic E-state index is 0.174. The van der Waals surface area contributed by atoms with Gasteiger partial charge in [-0.1, -0.05) is 18.2 Å². The number of aliphatic hydroxyl groups is 1. The van der Waals surface area contributed by atoms with E-state index in [0.29, 0.717) is 16.5 Å². The standard InChI is InChI=1S/C13H9FO2/c14-11-6-8(7-15)5-10-9-3-1-2-4-12(9)16-13(10)11/h1-6,15H,7H2. The largest absolute Gasteiger partial charge is 0.453 e. The molecule has 0 saturated heterocycles. The summed E-state index contributed by atoms with van der Waals surface area (Å²) in [6.45, 7) is -0.174. The molecule has 2 aromatic carbocycles. The first-order valence-electron chi connectivity index (χ1n) is 5.00. The van der Waals surface area contributed by atoms with Crippen LogP contribution in [-0.2, 0) is 6.61 Å². The molecule has 0 bridgehead atoms. The molecule has 0 aliphatic carbocycles. The molecule has 1 heterocycles. The average molecular weight is 216 g/mol. The lowest BCUT2D eigenvalue weighted by atomic mass is 10.1. The summed E-state index contributed by atoms with van der Waals surface area (Å²) in [6.07, 6.45) is 0. The minimum Gasteiger partial charge on any atom is -0.453 e. The molecule has 3 rings (SSSR count). The first-order chi connectivity index (χ1) is 7.79. The number of rotatable bonds is 1. The Kier molecular flexibility index (Phi) is 1.94. The van der Waals surface area contributed by atoms with E-state index in [9.17, 15) is 4.39 Å². The smallest absolute Gasteiger partial charge is 0.171 e. The Hall–Kier alpha value is -1.87. The van der Waals surface area contributed by atoms with Crippen LogP contribution in [-0.4, -0.2) is 5.11 Å². The predicted molar refractivity (Wildman–Crippen MR) is 59.6 cm³/mol. The number of benzene rings is 2. The molecule has 3 heteroatoms. The van der Waals surface area contributed by atoms with E-state index in [-0.39, 0.29) is 12.2 Å². The molecule has 0 aliphatic heterocycles. The number of furan rings is 1. The van der Waals surface area contributed by atoms with Crippen molar-refractivity contribution in [2.75, 3.05) is 0 Å². The van der Waals surface area contributed by atoms with Crippen molar-refractivity contribution >= 4 is 21.9 Å². The molecular weight excluding hydrogens is 207 g/mol. The van der Waals surface area contributed by atoms with Gasteiger partial charge in [0.15, 0.2) is 11.4 Å². The van der Waals surface area contributed by atoms with Crippen molar-refractivity contribution in [3.05, 3.63) is 47.8 Å². The Bertz CT molecular complexity index is 670. The van der Waals surface area contributed by atoms with E-state index in [1.165, 1.54) is 6.07 Å². The fraction of sp³-hybridized carbons (Fsp3) is 0.0769. The summed E-state index contributed by atoms with van der Waals surface area (Å²) >= 11 is 0. The van der Waals surface area contributed by atoms with Gasteiger partial charge in [0.05, 0.1) is 6.61 Å². The molecule has 1 aromatic heterocycles. The molecule has 1 N–H and O–H groups in total. The lowest BCUT2D eigenvalue weighted by Crippen LogP contribution is -1.85. The van der Waals surface area contributed by atoms with Gasteiger partial charge in [0.25, 0.3) is 0 Å². The number of aliphatic hydroxyl groups excluding tert-OH is 1. The van der Waals surface area contributed by atoms with Crippen LogP contribution < -0.4 is 0 Å². The summed E-state index contributed by atoms with van der Waals surface area (Å²) in [5.74, 6) is -0.433. The van der Waals surface area contributed by atoms with Gasteiger partial charge in [-0.25, -0.2) is 4.39 Å². The second-order valence-electron chi connectivity index (χ2n) is 3.71. The first-order valence-corrected chi connectivity index (χ1v) is 5.00. The Labute approximate surface area is 90.9 Å². The summed E-state index contributed by atoms with van der Waals surface area (Å²) in [4.78, 5) is 0. The normalized spacial score (nSPS) is 11.4. The maximum Gasteiger partial charge on any atom is 0.171 e. The lowest BCUT2D eigenvalue weighted by molar-refractivity contribution is 0.281. The molecule has 16 heavy (non-hydrogen) atoms. The number of hydrogen-bond acceptors (Lipinski definition) is 2. The highest BCUT2D eigenvalue weighted by Gasteiger charge is 2.11. The van der Waals surface area contributed by atoms with Crippen LogP contribution in [0.3, 0.4) is 0 Å². The van der Waals surface area contributed by atoms with Crippen LogP contribution >= 0.6 is 0 Å². The Morgan fingerprint density at radius 2 is 1.94 bits per heavy atom. The Morgan fingerprint density at radius 1 is 1.12 bits per heavy atom. The molecule has 0 unspecified atom stereocenters. The number of para-hydroxylation sites is 1. The zero-order chi connectivity index (χ0) is 11.1. The maximum absolute atomic E-state index is 13.7. The zero-order valence-electron chi connectivity index (χ0n) is 8.40. The van der Waals surface area contributed by atoms with Crippen LogP contribution in [0.2, 0.25) is 0 Å². The number of hydrogen-bond donors (Lipinski definition) is 1. The molecular formula is C13H9FO2. The monoisotopic (exact) mass is 216 g/mol. The summed E-state index contributed by atoms with van der Waals surface area (Å²) in [7, 11) is 0. The van der Waals surface area contributed by atoms with Gasteiger partial charge in [-0.2, -0.15) is 0 Å². The van der Waals surface area contributed by atoms with Gasteiger partial charge in [-0.05, 0) is 23.8 Å². The zero-order valence-corrected chi connectivity index (χ0v) is 8.40. The van der Waals surface area contributed by atoms with Crippen molar-refractivity contribution in [3.8, 4) is 0 Å². The van der Waals surface area contributed by atoms with Crippen molar-refractivity contribution in [2.24, 2.45) is 0 Å². The van der Waals surface area contributed by atoms with Crippen molar-refractivity contribution in [1.29, 1.82) is 0 Å². The van der Waals surface area contributed by atoms with Crippen LogP contribution in [0, 0.1) is 5.82 Å². The number of halogens is 1. The second kappa shape index (κ2) is 3.32. The minimum atomic E-state index is -0.433.